The molecule has 112 valence electrons. The molecule has 1 aromatic rings. The quantitative estimate of drug-likeness (QED) is 0.509. The van der Waals surface area contributed by atoms with Gasteiger partial charge in [0.15, 0.2) is 0 Å². The van der Waals surface area contributed by atoms with Crippen molar-refractivity contribution < 1.29 is 5.11 Å². The van der Waals surface area contributed by atoms with Crippen molar-refractivity contribution in [3.63, 3.8) is 0 Å². The van der Waals surface area contributed by atoms with Gasteiger partial charge in [0.1, 0.15) is 18.0 Å². The minimum atomic E-state index is 0.217. The number of aromatic nitrogens is 2. The number of hydrazine groups is 1. The van der Waals surface area contributed by atoms with E-state index in [4.69, 9.17) is 10.9 Å². The average Bonchev–Trinajstić information content (AvgIpc) is 2.72. The Bertz CT molecular complexity index is 427. The van der Waals surface area contributed by atoms with Crippen LogP contribution in [-0.4, -0.2) is 59.3 Å². The summed E-state index contributed by atoms with van der Waals surface area (Å²) in [6.45, 7) is 6.89. The number of nitrogen functional groups attached to an aromatic ring is 1. The Balaban J connectivity index is 2.15. The molecule has 7 heteroatoms. The first-order valence-corrected chi connectivity index (χ1v) is 7.18. The zero-order chi connectivity index (χ0) is 14.4. The van der Waals surface area contributed by atoms with Crippen LogP contribution in [0.25, 0.3) is 0 Å². The minimum Gasteiger partial charge on any atom is -0.395 e. The van der Waals surface area contributed by atoms with Gasteiger partial charge in [-0.05, 0) is 19.4 Å². The third-order valence-corrected chi connectivity index (χ3v) is 3.72. The normalized spacial score (nSPS) is 17.1. The van der Waals surface area contributed by atoms with Gasteiger partial charge >= 0.3 is 0 Å². The molecule has 0 aromatic carbocycles. The van der Waals surface area contributed by atoms with E-state index in [2.05, 4.69) is 32.1 Å². The van der Waals surface area contributed by atoms with E-state index in [-0.39, 0.29) is 6.61 Å². The van der Waals surface area contributed by atoms with Crippen molar-refractivity contribution in [2.45, 2.75) is 19.8 Å². The fourth-order valence-electron chi connectivity index (χ4n) is 2.67. The third kappa shape index (κ3) is 3.36. The van der Waals surface area contributed by atoms with Crippen LogP contribution in [0.3, 0.4) is 0 Å². The molecule has 2 rings (SSSR count). The molecular weight excluding hydrogens is 256 g/mol. The number of anilines is 2. The molecule has 1 fully saturated rings. The van der Waals surface area contributed by atoms with Crippen LogP contribution in [0.2, 0.25) is 0 Å². The Kier molecular flexibility index (Phi) is 5.51. The van der Waals surface area contributed by atoms with Gasteiger partial charge in [0, 0.05) is 31.7 Å². The van der Waals surface area contributed by atoms with E-state index in [1.54, 1.807) is 6.33 Å². The van der Waals surface area contributed by atoms with E-state index >= 15 is 0 Å². The summed E-state index contributed by atoms with van der Waals surface area (Å²) < 4.78 is 0. The van der Waals surface area contributed by atoms with Crippen LogP contribution < -0.4 is 16.2 Å². The fraction of sp³-hybridized carbons (Fsp3) is 0.692. The van der Waals surface area contributed by atoms with Crippen molar-refractivity contribution in [1.29, 1.82) is 0 Å². The van der Waals surface area contributed by atoms with Gasteiger partial charge in [0.2, 0.25) is 0 Å². The molecule has 0 aliphatic carbocycles. The van der Waals surface area contributed by atoms with Crippen LogP contribution in [0, 0.1) is 0 Å². The summed E-state index contributed by atoms with van der Waals surface area (Å²) in [6, 6.07) is 0. The molecule has 0 bridgehead atoms. The first kappa shape index (κ1) is 15.0. The monoisotopic (exact) mass is 280 g/mol. The van der Waals surface area contributed by atoms with Gasteiger partial charge in [-0.2, -0.15) is 0 Å². The number of nitrogens with one attached hydrogen (secondary N) is 1. The number of nitrogens with zero attached hydrogens (tertiary/aromatic N) is 4. The molecule has 0 saturated carbocycles. The number of rotatable bonds is 5. The first-order valence-electron chi connectivity index (χ1n) is 7.18. The summed E-state index contributed by atoms with van der Waals surface area (Å²) in [5, 5.41) is 9.05. The molecule has 1 saturated heterocycles. The molecule has 4 N–H and O–H groups in total. The van der Waals surface area contributed by atoms with E-state index in [1.165, 1.54) is 0 Å². The van der Waals surface area contributed by atoms with E-state index in [0.29, 0.717) is 5.82 Å². The molecule has 1 aliphatic rings. The van der Waals surface area contributed by atoms with Gasteiger partial charge in [0.25, 0.3) is 0 Å². The summed E-state index contributed by atoms with van der Waals surface area (Å²) in [5.74, 6) is 7.20. The molecule has 0 radical (unpaired) electrons. The van der Waals surface area contributed by atoms with Crippen molar-refractivity contribution in [3.8, 4) is 0 Å². The largest absolute Gasteiger partial charge is 0.395 e. The van der Waals surface area contributed by atoms with Crippen molar-refractivity contribution in [2.75, 3.05) is 49.7 Å². The molecule has 0 atom stereocenters. The highest BCUT2D eigenvalue weighted by Gasteiger charge is 2.19. The lowest BCUT2D eigenvalue weighted by atomic mass is 10.2. The Labute approximate surface area is 119 Å². The lowest BCUT2D eigenvalue weighted by molar-refractivity contribution is 0.204. The molecule has 0 amide bonds. The average molecular weight is 280 g/mol. The second-order valence-electron chi connectivity index (χ2n) is 4.93. The van der Waals surface area contributed by atoms with Crippen LogP contribution in [0.1, 0.15) is 18.9 Å². The lowest BCUT2D eigenvalue weighted by Gasteiger charge is -2.25. The molecule has 0 spiro atoms. The Morgan fingerprint density at radius 1 is 1.30 bits per heavy atom. The summed E-state index contributed by atoms with van der Waals surface area (Å²) in [6.07, 6.45) is 3.46. The fourth-order valence-corrected chi connectivity index (χ4v) is 2.67. The van der Waals surface area contributed by atoms with E-state index in [9.17, 15) is 0 Å². The Morgan fingerprint density at radius 3 is 2.85 bits per heavy atom. The molecule has 1 aromatic heterocycles. The Hall–Kier alpha value is -1.44. The maximum absolute atomic E-state index is 9.05. The molecule has 20 heavy (non-hydrogen) atoms. The topological polar surface area (TPSA) is 90.5 Å². The van der Waals surface area contributed by atoms with Gasteiger partial charge in [-0.1, -0.05) is 6.92 Å². The number of aliphatic hydroxyl groups excluding tert-OH is 1. The summed E-state index contributed by atoms with van der Waals surface area (Å²) in [7, 11) is 0. The highest BCUT2D eigenvalue weighted by molar-refractivity contribution is 5.58. The van der Waals surface area contributed by atoms with Crippen molar-refractivity contribution in [3.05, 3.63) is 11.9 Å². The highest BCUT2D eigenvalue weighted by atomic mass is 16.3. The highest BCUT2D eigenvalue weighted by Crippen LogP contribution is 2.24. The maximum Gasteiger partial charge on any atom is 0.148 e. The maximum atomic E-state index is 9.05. The van der Waals surface area contributed by atoms with Crippen LogP contribution in [0.4, 0.5) is 11.6 Å². The second kappa shape index (κ2) is 7.37. The SMILES string of the molecule is CCc1c(NN)ncnc1N1CCCN(CCO)CC1. The Morgan fingerprint density at radius 2 is 2.15 bits per heavy atom. The molecule has 1 aliphatic heterocycles. The molecule has 7 nitrogen and oxygen atoms in total. The lowest BCUT2D eigenvalue weighted by Crippen LogP contribution is -2.33. The first-order chi connectivity index (χ1) is 9.80. The van der Waals surface area contributed by atoms with Crippen LogP contribution in [0.5, 0.6) is 0 Å². The van der Waals surface area contributed by atoms with E-state index in [0.717, 1.165) is 56.9 Å². The predicted octanol–water partition coefficient (Wildman–Crippen LogP) is -0.171. The zero-order valence-corrected chi connectivity index (χ0v) is 12.0. The number of hydrogen-bond donors (Lipinski definition) is 3. The summed E-state index contributed by atoms with van der Waals surface area (Å²) in [5.41, 5.74) is 3.71. The zero-order valence-electron chi connectivity index (χ0n) is 12.0. The number of aliphatic hydroxyl groups is 1. The molecule has 0 unspecified atom stereocenters. The van der Waals surface area contributed by atoms with Crippen molar-refractivity contribution in [1.82, 2.24) is 14.9 Å². The minimum absolute atomic E-state index is 0.217. The van der Waals surface area contributed by atoms with Crippen LogP contribution in [0.15, 0.2) is 6.33 Å². The van der Waals surface area contributed by atoms with E-state index in [1.807, 2.05) is 0 Å². The van der Waals surface area contributed by atoms with Crippen molar-refractivity contribution in [2.24, 2.45) is 5.84 Å². The van der Waals surface area contributed by atoms with Gasteiger partial charge in [-0.25, -0.2) is 15.8 Å². The second-order valence-corrected chi connectivity index (χ2v) is 4.93. The smallest absolute Gasteiger partial charge is 0.148 e. The van der Waals surface area contributed by atoms with Crippen LogP contribution >= 0.6 is 0 Å². The summed E-state index contributed by atoms with van der Waals surface area (Å²) in [4.78, 5) is 13.2. The predicted molar refractivity (Wildman–Crippen MR) is 79.6 cm³/mol. The number of nitrogens with two attached hydrogens (primary N) is 1. The standard InChI is InChI=1S/C13H24N6O/c1-2-11-12(17-14)15-10-16-13(11)19-5-3-4-18(6-7-19)8-9-20/h10,20H,2-9,14H2,1H3,(H,15,16,17). The van der Waals surface area contributed by atoms with Crippen molar-refractivity contribution >= 4 is 11.6 Å². The third-order valence-electron chi connectivity index (χ3n) is 3.72. The van der Waals surface area contributed by atoms with E-state index < -0.39 is 0 Å². The van der Waals surface area contributed by atoms with Gasteiger partial charge in [0.05, 0.1) is 6.61 Å². The number of β-amino-alcohol motifs (C(OH)–C–C–N with tert-alkyl or cyclic N) is 1. The van der Waals surface area contributed by atoms with Gasteiger partial charge in [-0.15, -0.1) is 0 Å². The van der Waals surface area contributed by atoms with Gasteiger partial charge < -0.3 is 15.4 Å². The van der Waals surface area contributed by atoms with Gasteiger partial charge in [-0.3, -0.25) is 4.90 Å². The molecule has 2 heterocycles. The molecular formula is C13H24N6O. The van der Waals surface area contributed by atoms with Crippen LogP contribution in [-0.2, 0) is 6.42 Å². The summed E-state index contributed by atoms with van der Waals surface area (Å²) >= 11 is 0. The number of hydrogen-bond acceptors (Lipinski definition) is 7.